The Kier molecular flexibility index (Phi) is 5.54. The molecule has 2 nitrogen and oxygen atoms in total. The molecule has 2 aliphatic rings. The highest BCUT2D eigenvalue weighted by atomic mass is 32.2. The molecule has 0 radical (unpaired) electrons. The summed E-state index contributed by atoms with van der Waals surface area (Å²) in [5.41, 5.74) is 3.57. The summed E-state index contributed by atoms with van der Waals surface area (Å²) < 4.78 is 0. The maximum Gasteiger partial charge on any atom is 0.335 e. The summed E-state index contributed by atoms with van der Waals surface area (Å²) >= 11 is 1.60. The Morgan fingerprint density at radius 2 is 1.86 bits per heavy atom. The van der Waals surface area contributed by atoms with Crippen LogP contribution in [0.4, 0.5) is 0 Å². The molecular weight excluding hydrogens is 364 g/mol. The molecule has 0 spiro atoms. The zero-order chi connectivity index (χ0) is 19.5. The number of fused-ring (bicyclic) bond motifs is 5. The van der Waals surface area contributed by atoms with E-state index in [2.05, 4.69) is 55.5 Å². The van der Waals surface area contributed by atoms with Crippen molar-refractivity contribution in [1.82, 2.24) is 0 Å². The van der Waals surface area contributed by atoms with Crippen LogP contribution >= 0.6 is 11.8 Å². The van der Waals surface area contributed by atoms with Crippen molar-refractivity contribution in [1.29, 1.82) is 0 Å². The third-order valence-electron chi connectivity index (χ3n) is 5.62. The van der Waals surface area contributed by atoms with Crippen LogP contribution in [0.25, 0.3) is 21.5 Å². The van der Waals surface area contributed by atoms with Crippen molar-refractivity contribution in [3.8, 4) is 0 Å². The first kappa shape index (κ1) is 18.8. The molecular formula is C25H24O2S. The average Bonchev–Trinajstić information content (AvgIpc) is 2.74. The van der Waals surface area contributed by atoms with Gasteiger partial charge in [0, 0.05) is 5.75 Å². The molecule has 5 rings (SSSR count). The molecule has 1 N–H and O–H groups in total. The summed E-state index contributed by atoms with van der Waals surface area (Å²) in [4.78, 5) is 10.2. The number of carboxylic acids is 1. The van der Waals surface area contributed by atoms with Gasteiger partial charge < -0.3 is 5.11 Å². The van der Waals surface area contributed by atoms with Gasteiger partial charge in [-0.15, -0.1) is 11.8 Å². The zero-order valence-corrected chi connectivity index (χ0v) is 16.8. The highest BCUT2D eigenvalue weighted by molar-refractivity contribution is 8.02. The molecule has 1 aliphatic carbocycles. The van der Waals surface area contributed by atoms with Crippen LogP contribution in [-0.2, 0) is 11.2 Å². The fraction of sp³-hybridized carbons (Fsp3) is 0.240. The van der Waals surface area contributed by atoms with Crippen molar-refractivity contribution in [3.63, 3.8) is 0 Å². The minimum atomic E-state index is -0.841. The molecule has 0 amide bonds. The van der Waals surface area contributed by atoms with Crippen molar-refractivity contribution < 1.29 is 9.90 Å². The van der Waals surface area contributed by atoms with E-state index in [4.69, 9.17) is 5.11 Å². The Labute approximate surface area is 170 Å². The summed E-state index contributed by atoms with van der Waals surface area (Å²) in [6, 6.07) is 18.0. The molecule has 0 bridgehead atoms. The van der Waals surface area contributed by atoms with E-state index in [0.29, 0.717) is 11.5 Å². The van der Waals surface area contributed by atoms with Crippen LogP contribution in [0.1, 0.15) is 36.8 Å². The molecule has 1 atom stereocenters. The molecule has 28 heavy (non-hydrogen) atoms. The van der Waals surface area contributed by atoms with Gasteiger partial charge in [0.2, 0.25) is 0 Å². The lowest BCUT2D eigenvalue weighted by atomic mass is 9.80. The molecule has 3 heteroatoms. The lowest BCUT2D eigenvalue weighted by Crippen LogP contribution is -2.07. The summed E-state index contributed by atoms with van der Waals surface area (Å²) in [5, 5.41) is 15.8. The molecule has 1 unspecified atom stereocenters. The highest BCUT2D eigenvalue weighted by Crippen LogP contribution is 2.38. The molecule has 1 aliphatic heterocycles. The number of carbonyl (C=O) groups is 1. The molecule has 3 aromatic rings. The molecule has 0 saturated carbocycles. The Hall–Kier alpha value is -2.52. The monoisotopic (exact) mass is 388 g/mol. The predicted molar refractivity (Wildman–Crippen MR) is 120 cm³/mol. The van der Waals surface area contributed by atoms with Gasteiger partial charge in [0.15, 0.2) is 0 Å². The molecule has 0 fully saturated rings. The van der Waals surface area contributed by atoms with E-state index in [-0.39, 0.29) is 0 Å². The van der Waals surface area contributed by atoms with Gasteiger partial charge in [-0.05, 0) is 69.3 Å². The van der Waals surface area contributed by atoms with Crippen LogP contribution in [-0.4, -0.2) is 16.8 Å². The number of aliphatic carboxylic acids is 1. The maximum atomic E-state index is 10.2. The van der Waals surface area contributed by atoms with Crippen LogP contribution in [0.3, 0.4) is 0 Å². The number of hydrogen-bond acceptors (Lipinski definition) is 2. The minimum absolute atomic E-state index is 0.397. The summed E-state index contributed by atoms with van der Waals surface area (Å²) in [5.74, 6) is 0.637. The van der Waals surface area contributed by atoms with Gasteiger partial charge in [0.05, 0.1) is 5.57 Å². The van der Waals surface area contributed by atoms with Crippen molar-refractivity contribution in [2.24, 2.45) is 0 Å². The zero-order valence-electron chi connectivity index (χ0n) is 16.0. The van der Waals surface area contributed by atoms with E-state index in [1.807, 2.05) is 0 Å². The van der Waals surface area contributed by atoms with Crippen molar-refractivity contribution in [2.75, 3.05) is 5.75 Å². The van der Waals surface area contributed by atoms with Crippen LogP contribution in [0, 0.1) is 0 Å². The van der Waals surface area contributed by atoms with Crippen molar-refractivity contribution in [3.05, 3.63) is 82.8 Å². The van der Waals surface area contributed by atoms with E-state index in [9.17, 15) is 4.79 Å². The number of benzene rings is 3. The van der Waals surface area contributed by atoms with E-state index in [1.54, 1.807) is 40.4 Å². The second-order valence-electron chi connectivity index (χ2n) is 7.41. The van der Waals surface area contributed by atoms with Crippen LogP contribution in [0.2, 0.25) is 0 Å². The van der Waals surface area contributed by atoms with Gasteiger partial charge in [0.25, 0.3) is 0 Å². The highest BCUT2D eigenvalue weighted by Gasteiger charge is 2.19. The predicted octanol–water partition coefficient (Wildman–Crippen LogP) is 6.69. The Balaban J connectivity index is 0.000000181. The normalized spacial score (nSPS) is 18.2. The molecule has 0 saturated heterocycles. The van der Waals surface area contributed by atoms with Crippen LogP contribution in [0.5, 0.6) is 0 Å². The Bertz CT molecular complexity index is 1090. The molecule has 3 aromatic carbocycles. The van der Waals surface area contributed by atoms with E-state index in [1.165, 1.54) is 40.8 Å². The Morgan fingerprint density at radius 3 is 2.61 bits per heavy atom. The van der Waals surface area contributed by atoms with Crippen molar-refractivity contribution >= 4 is 39.3 Å². The number of carboxylic acid groups (broad SMARTS) is 1. The number of aryl methyl sites for hydroxylation is 1. The van der Waals surface area contributed by atoms with Crippen LogP contribution < -0.4 is 0 Å². The smallest absolute Gasteiger partial charge is 0.335 e. The summed E-state index contributed by atoms with van der Waals surface area (Å²) in [6.45, 7) is 2.38. The standard InChI is InChI=1S/C19H18.C6H6O2S/c1-13-5-4-7-15-10-11-17-16-8-3-2-6-14(16)9-12-18(17)19(13)15;7-6(8)5-1-3-9-4-2-5/h2-3,6,8-13H,4-5,7H2,1H3;1-3H,4H2,(H,7,8). The molecule has 0 aromatic heterocycles. The van der Waals surface area contributed by atoms with Gasteiger partial charge in [-0.1, -0.05) is 61.5 Å². The first-order chi connectivity index (χ1) is 13.6. The fourth-order valence-corrected chi connectivity index (χ4v) is 4.87. The van der Waals surface area contributed by atoms with Gasteiger partial charge in [-0.2, -0.15) is 0 Å². The van der Waals surface area contributed by atoms with Crippen LogP contribution in [0.15, 0.2) is 71.7 Å². The average molecular weight is 389 g/mol. The fourth-order valence-electron chi connectivity index (χ4n) is 4.24. The quantitative estimate of drug-likeness (QED) is 0.472. The largest absolute Gasteiger partial charge is 0.478 e. The first-order valence-corrected chi connectivity index (χ1v) is 10.8. The molecule has 1 heterocycles. The van der Waals surface area contributed by atoms with E-state index in [0.717, 1.165) is 5.75 Å². The third-order valence-corrected chi connectivity index (χ3v) is 6.31. The van der Waals surface area contributed by atoms with Gasteiger partial charge in [0.1, 0.15) is 0 Å². The second-order valence-corrected chi connectivity index (χ2v) is 8.35. The Morgan fingerprint density at radius 1 is 1.04 bits per heavy atom. The molecule has 142 valence electrons. The van der Waals surface area contributed by atoms with Gasteiger partial charge in [-0.25, -0.2) is 4.79 Å². The second kappa shape index (κ2) is 8.24. The third kappa shape index (κ3) is 3.72. The minimum Gasteiger partial charge on any atom is -0.478 e. The van der Waals surface area contributed by atoms with E-state index >= 15 is 0 Å². The van der Waals surface area contributed by atoms with Gasteiger partial charge in [-0.3, -0.25) is 0 Å². The van der Waals surface area contributed by atoms with Crippen molar-refractivity contribution in [2.45, 2.75) is 32.1 Å². The SMILES string of the molecule is CC1CCCc2ccc3c(ccc4ccccc43)c21.O=C(O)C1=CCSC=C1. The van der Waals surface area contributed by atoms with E-state index < -0.39 is 5.97 Å². The number of hydrogen-bond donors (Lipinski definition) is 1. The lowest BCUT2D eigenvalue weighted by molar-refractivity contribution is -0.132. The number of rotatable bonds is 1. The maximum absolute atomic E-state index is 10.2. The topological polar surface area (TPSA) is 37.3 Å². The summed E-state index contributed by atoms with van der Waals surface area (Å²) in [7, 11) is 0. The number of thioether (sulfide) groups is 1. The lowest BCUT2D eigenvalue weighted by Gasteiger charge is -2.24. The van der Waals surface area contributed by atoms with Gasteiger partial charge >= 0.3 is 5.97 Å². The first-order valence-electron chi connectivity index (χ1n) is 9.80. The summed E-state index contributed by atoms with van der Waals surface area (Å²) in [6.07, 6.45) is 7.23.